The lowest BCUT2D eigenvalue weighted by molar-refractivity contribution is 0.102. The lowest BCUT2D eigenvalue weighted by Crippen LogP contribution is -2.18. The predicted octanol–water partition coefficient (Wildman–Crippen LogP) is 3.18. The number of rotatable bonds is 2. The highest BCUT2D eigenvalue weighted by atomic mass is 79.9. The van der Waals surface area contributed by atoms with Crippen LogP contribution in [0.3, 0.4) is 0 Å². The van der Waals surface area contributed by atoms with E-state index >= 15 is 0 Å². The van der Waals surface area contributed by atoms with Gasteiger partial charge in [0, 0.05) is 42.3 Å². The Morgan fingerprint density at radius 3 is 3.13 bits per heavy atom. The van der Waals surface area contributed by atoms with Crippen LogP contribution in [0.4, 0.5) is 5.69 Å². The molecule has 1 atom stereocenters. The van der Waals surface area contributed by atoms with Gasteiger partial charge in [-0.1, -0.05) is 6.92 Å². The van der Waals surface area contributed by atoms with E-state index in [1.165, 1.54) is 0 Å². The Morgan fingerprint density at radius 1 is 1.39 bits per heavy atom. The molecule has 7 heteroatoms. The molecule has 0 saturated carbocycles. The zero-order chi connectivity index (χ0) is 16.0. The Bertz CT molecular complexity index is 962. The van der Waals surface area contributed by atoms with Crippen LogP contribution in [0.2, 0.25) is 0 Å². The minimum atomic E-state index is -0.122. The third kappa shape index (κ3) is 2.33. The van der Waals surface area contributed by atoms with Crippen molar-refractivity contribution in [2.45, 2.75) is 12.8 Å². The zero-order valence-electron chi connectivity index (χ0n) is 12.2. The molecule has 3 aromatic rings. The number of allylic oxidation sites excluding steroid dienone is 1. The highest BCUT2D eigenvalue weighted by molar-refractivity contribution is 9.10. The van der Waals surface area contributed by atoms with Crippen molar-refractivity contribution in [3.63, 3.8) is 0 Å². The van der Waals surface area contributed by atoms with E-state index in [1.54, 1.807) is 35.4 Å². The maximum absolute atomic E-state index is 12.8. The molecule has 0 spiro atoms. The highest BCUT2D eigenvalue weighted by Gasteiger charge is 2.27. The molecule has 1 aliphatic rings. The number of carbonyl (C=O) groups excluding carboxylic acids is 1. The van der Waals surface area contributed by atoms with Crippen molar-refractivity contribution in [2.75, 3.05) is 5.32 Å². The topological polar surface area (TPSA) is 72.2 Å². The summed E-state index contributed by atoms with van der Waals surface area (Å²) in [6.45, 7) is 1.97. The van der Waals surface area contributed by atoms with Crippen LogP contribution in [0.1, 0.15) is 29.0 Å². The first-order valence-electron chi connectivity index (χ1n) is 7.10. The fourth-order valence-electron chi connectivity index (χ4n) is 2.69. The van der Waals surface area contributed by atoms with Crippen molar-refractivity contribution in [1.82, 2.24) is 19.6 Å². The molecule has 4 rings (SSSR count). The molecule has 6 nitrogen and oxygen atoms in total. The molecule has 0 radical (unpaired) electrons. The average molecular weight is 370 g/mol. The molecule has 0 aliphatic carbocycles. The molecular weight excluding hydrogens is 358 g/mol. The first-order chi connectivity index (χ1) is 11.1. The number of halogens is 1. The van der Waals surface area contributed by atoms with Crippen molar-refractivity contribution in [1.29, 1.82) is 0 Å². The maximum atomic E-state index is 12.8. The molecule has 0 saturated heterocycles. The Morgan fingerprint density at radius 2 is 2.26 bits per heavy atom. The number of anilines is 1. The van der Waals surface area contributed by atoms with Gasteiger partial charge in [0.2, 0.25) is 5.78 Å². The SMILES string of the molecule is CC1C(C(=O)c2cc3ncc(Br)cn3n2)=CNc2cccnc21. The van der Waals surface area contributed by atoms with Gasteiger partial charge in [-0.3, -0.25) is 9.78 Å². The number of nitrogens with zero attached hydrogens (tertiary/aromatic N) is 4. The van der Waals surface area contributed by atoms with Gasteiger partial charge in [0.25, 0.3) is 0 Å². The first-order valence-corrected chi connectivity index (χ1v) is 7.90. The standard InChI is InChI=1S/C16H12BrN5O/c1-9-11(7-19-12-3-2-4-18-15(9)12)16(23)13-5-14-20-6-10(17)8-22(14)21-13/h2-9,19H,1H3. The van der Waals surface area contributed by atoms with E-state index in [0.29, 0.717) is 16.9 Å². The van der Waals surface area contributed by atoms with Crippen molar-refractivity contribution < 1.29 is 4.79 Å². The number of ketones is 1. The van der Waals surface area contributed by atoms with Gasteiger partial charge in [-0.25, -0.2) is 9.50 Å². The van der Waals surface area contributed by atoms with E-state index in [-0.39, 0.29) is 11.7 Å². The van der Waals surface area contributed by atoms with Crippen LogP contribution in [0.5, 0.6) is 0 Å². The third-order valence-electron chi connectivity index (χ3n) is 3.87. The number of aromatic nitrogens is 4. The average Bonchev–Trinajstić information content (AvgIpc) is 2.98. The normalized spacial score (nSPS) is 16.6. The van der Waals surface area contributed by atoms with Crippen LogP contribution in [0.25, 0.3) is 5.65 Å². The van der Waals surface area contributed by atoms with Crippen molar-refractivity contribution in [3.8, 4) is 0 Å². The van der Waals surface area contributed by atoms with Gasteiger partial charge in [0.1, 0.15) is 5.69 Å². The molecular formula is C16H12BrN5O. The summed E-state index contributed by atoms with van der Waals surface area (Å²) in [6.07, 6.45) is 6.92. The molecule has 114 valence electrons. The van der Waals surface area contributed by atoms with E-state index in [9.17, 15) is 4.79 Å². The van der Waals surface area contributed by atoms with Gasteiger partial charge in [-0.05, 0) is 28.1 Å². The number of nitrogens with one attached hydrogen (secondary N) is 1. The number of carbonyl (C=O) groups is 1. The third-order valence-corrected chi connectivity index (χ3v) is 4.28. The summed E-state index contributed by atoms with van der Waals surface area (Å²) in [5.41, 5.74) is 3.43. The van der Waals surface area contributed by atoms with Gasteiger partial charge >= 0.3 is 0 Å². The van der Waals surface area contributed by atoms with Gasteiger partial charge in [-0.15, -0.1) is 0 Å². The number of fused-ring (bicyclic) bond motifs is 2. The van der Waals surface area contributed by atoms with Gasteiger partial charge in [0.05, 0.1) is 15.9 Å². The number of hydrogen-bond acceptors (Lipinski definition) is 5. The van der Waals surface area contributed by atoms with Crippen LogP contribution in [0, 0.1) is 0 Å². The summed E-state index contributed by atoms with van der Waals surface area (Å²) >= 11 is 3.34. The smallest absolute Gasteiger partial charge is 0.211 e. The lowest BCUT2D eigenvalue weighted by Gasteiger charge is -2.22. The summed E-state index contributed by atoms with van der Waals surface area (Å²) in [4.78, 5) is 21.4. The minimum absolute atomic E-state index is 0.0931. The van der Waals surface area contributed by atoms with Crippen LogP contribution >= 0.6 is 15.9 Å². The van der Waals surface area contributed by atoms with Crippen LogP contribution in [-0.2, 0) is 0 Å². The summed E-state index contributed by atoms with van der Waals surface area (Å²) < 4.78 is 2.39. The van der Waals surface area contributed by atoms with E-state index in [0.717, 1.165) is 15.9 Å². The summed E-state index contributed by atoms with van der Waals surface area (Å²) in [5.74, 6) is -0.215. The highest BCUT2D eigenvalue weighted by Crippen LogP contribution is 2.33. The summed E-state index contributed by atoms with van der Waals surface area (Å²) in [7, 11) is 0. The van der Waals surface area contributed by atoms with Crippen molar-refractivity contribution in [2.24, 2.45) is 0 Å². The molecule has 4 heterocycles. The Kier molecular flexibility index (Phi) is 3.23. The molecule has 1 unspecified atom stereocenters. The Balaban J connectivity index is 1.72. The van der Waals surface area contributed by atoms with Crippen LogP contribution in [0.15, 0.2) is 53.0 Å². The molecule has 1 aliphatic heterocycles. The lowest BCUT2D eigenvalue weighted by atomic mass is 9.90. The quantitative estimate of drug-likeness (QED) is 0.702. The van der Waals surface area contributed by atoms with Crippen molar-refractivity contribution in [3.05, 3.63) is 64.4 Å². The second kappa shape index (κ2) is 5.27. The Hall–Kier alpha value is -2.54. The van der Waals surface area contributed by atoms with E-state index < -0.39 is 0 Å². The monoisotopic (exact) mass is 369 g/mol. The van der Waals surface area contributed by atoms with Crippen LogP contribution in [-0.4, -0.2) is 25.4 Å². The second-order valence-electron chi connectivity index (χ2n) is 5.34. The van der Waals surface area contributed by atoms with E-state index in [2.05, 4.69) is 36.3 Å². The number of pyridine rings is 1. The fraction of sp³-hybridized carbons (Fsp3) is 0.125. The van der Waals surface area contributed by atoms with Gasteiger partial charge in [-0.2, -0.15) is 5.10 Å². The fourth-order valence-corrected chi connectivity index (χ4v) is 2.98. The number of Topliss-reactive ketones (excluding diaryl/α,β-unsaturated/α-hetero) is 1. The second-order valence-corrected chi connectivity index (χ2v) is 6.25. The molecule has 0 amide bonds. The number of hydrogen-bond donors (Lipinski definition) is 1. The zero-order valence-corrected chi connectivity index (χ0v) is 13.8. The van der Waals surface area contributed by atoms with Gasteiger partial charge < -0.3 is 5.32 Å². The van der Waals surface area contributed by atoms with Crippen molar-refractivity contribution >= 4 is 33.0 Å². The molecule has 3 aromatic heterocycles. The maximum Gasteiger partial charge on any atom is 0.211 e. The van der Waals surface area contributed by atoms with Gasteiger partial charge in [0.15, 0.2) is 5.65 Å². The predicted molar refractivity (Wildman–Crippen MR) is 89.4 cm³/mol. The molecule has 23 heavy (non-hydrogen) atoms. The molecule has 0 bridgehead atoms. The largest absolute Gasteiger partial charge is 0.360 e. The first kappa shape index (κ1) is 14.1. The molecule has 0 fully saturated rings. The van der Waals surface area contributed by atoms with E-state index in [4.69, 9.17) is 0 Å². The molecule has 0 aromatic carbocycles. The molecule has 1 N–H and O–H groups in total. The Labute approximate surface area is 140 Å². The van der Waals surface area contributed by atoms with Crippen LogP contribution < -0.4 is 5.32 Å². The van der Waals surface area contributed by atoms with E-state index in [1.807, 2.05) is 19.1 Å². The summed E-state index contributed by atoms with van der Waals surface area (Å²) in [5, 5.41) is 7.46. The minimum Gasteiger partial charge on any atom is -0.360 e. The summed E-state index contributed by atoms with van der Waals surface area (Å²) in [6, 6.07) is 5.50.